The highest BCUT2D eigenvalue weighted by molar-refractivity contribution is 9.10. The number of amides is 1. The predicted molar refractivity (Wildman–Crippen MR) is 101 cm³/mol. The number of aromatic nitrogens is 1. The van der Waals surface area contributed by atoms with Gasteiger partial charge in [0.1, 0.15) is 0 Å². The molecule has 0 fully saturated rings. The smallest absolute Gasteiger partial charge is 0.220 e. The third-order valence-corrected chi connectivity index (χ3v) is 4.28. The molecule has 5 heteroatoms. The van der Waals surface area contributed by atoms with Crippen LogP contribution in [0.4, 0.5) is 0 Å². The van der Waals surface area contributed by atoms with E-state index in [-0.39, 0.29) is 5.91 Å². The van der Waals surface area contributed by atoms with Crippen LogP contribution in [0.3, 0.4) is 0 Å². The van der Waals surface area contributed by atoms with Crippen LogP contribution in [0.2, 0.25) is 0 Å². The summed E-state index contributed by atoms with van der Waals surface area (Å²) in [6, 6.07) is 17.8. The van der Waals surface area contributed by atoms with Crippen molar-refractivity contribution >= 4 is 21.8 Å². The van der Waals surface area contributed by atoms with Crippen LogP contribution in [0, 0.1) is 0 Å². The molecule has 2 aromatic carbocycles. The minimum absolute atomic E-state index is 0.0369. The van der Waals surface area contributed by atoms with Gasteiger partial charge in [0.25, 0.3) is 0 Å². The van der Waals surface area contributed by atoms with Crippen molar-refractivity contribution < 1.29 is 9.21 Å². The minimum Gasteiger partial charge on any atom is -0.441 e. The van der Waals surface area contributed by atoms with Gasteiger partial charge in [0.2, 0.25) is 5.91 Å². The number of oxazole rings is 1. The summed E-state index contributed by atoms with van der Waals surface area (Å²) in [6.45, 7) is 0.537. The normalized spacial score (nSPS) is 10.6. The average Bonchev–Trinajstić information content (AvgIpc) is 3.10. The SMILES string of the molecule is O=C(CCCc1ncc(-c2ccccc2)o1)NCc1cccc(Br)c1. The van der Waals surface area contributed by atoms with E-state index in [0.29, 0.717) is 31.7 Å². The first-order valence-electron chi connectivity index (χ1n) is 8.22. The summed E-state index contributed by atoms with van der Waals surface area (Å²) in [6.07, 6.45) is 3.55. The van der Waals surface area contributed by atoms with Crippen molar-refractivity contribution in [2.45, 2.75) is 25.8 Å². The maximum Gasteiger partial charge on any atom is 0.220 e. The van der Waals surface area contributed by atoms with E-state index in [9.17, 15) is 4.79 Å². The zero-order valence-electron chi connectivity index (χ0n) is 13.7. The van der Waals surface area contributed by atoms with Crippen LogP contribution in [0.15, 0.2) is 69.7 Å². The summed E-state index contributed by atoms with van der Waals surface area (Å²) in [5, 5.41) is 2.93. The van der Waals surface area contributed by atoms with Gasteiger partial charge in [-0.05, 0) is 24.1 Å². The Labute approximate surface area is 155 Å². The molecule has 0 aliphatic heterocycles. The van der Waals surface area contributed by atoms with Crippen molar-refractivity contribution in [3.05, 3.63) is 76.7 Å². The Morgan fingerprint density at radius 1 is 1.12 bits per heavy atom. The Balaban J connectivity index is 1.42. The Morgan fingerprint density at radius 3 is 2.76 bits per heavy atom. The second-order valence-electron chi connectivity index (χ2n) is 5.74. The van der Waals surface area contributed by atoms with E-state index in [1.807, 2.05) is 54.6 Å². The number of rotatable bonds is 7. The number of aryl methyl sites for hydroxylation is 1. The van der Waals surface area contributed by atoms with Crippen LogP contribution in [0.1, 0.15) is 24.3 Å². The molecule has 1 amide bonds. The summed E-state index contributed by atoms with van der Waals surface area (Å²) >= 11 is 3.43. The van der Waals surface area contributed by atoms with Gasteiger partial charge in [0.05, 0.1) is 6.20 Å². The summed E-state index contributed by atoms with van der Waals surface area (Å²) in [4.78, 5) is 16.2. The molecule has 1 aromatic heterocycles. The predicted octanol–water partition coefficient (Wildman–Crippen LogP) is 4.74. The zero-order chi connectivity index (χ0) is 17.5. The number of benzene rings is 2. The second-order valence-corrected chi connectivity index (χ2v) is 6.66. The van der Waals surface area contributed by atoms with E-state index in [0.717, 1.165) is 21.4 Å². The van der Waals surface area contributed by atoms with E-state index in [2.05, 4.69) is 26.2 Å². The lowest BCUT2D eigenvalue weighted by molar-refractivity contribution is -0.121. The molecule has 0 radical (unpaired) electrons. The first-order chi connectivity index (χ1) is 12.2. The van der Waals surface area contributed by atoms with Crippen molar-refractivity contribution in [2.24, 2.45) is 0 Å². The second kappa shape index (κ2) is 8.62. The molecule has 0 spiro atoms. The lowest BCUT2D eigenvalue weighted by Crippen LogP contribution is -2.22. The molecule has 1 N–H and O–H groups in total. The number of carbonyl (C=O) groups is 1. The molecule has 0 saturated carbocycles. The number of nitrogens with one attached hydrogen (secondary N) is 1. The van der Waals surface area contributed by atoms with Crippen molar-refractivity contribution in [2.75, 3.05) is 0 Å². The first kappa shape index (κ1) is 17.4. The summed E-state index contributed by atoms with van der Waals surface area (Å²) in [7, 11) is 0. The van der Waals surface area contributed by atoms with Gasteiger partial charge < -0.3 is 9.73 Å². The lowest BCUT2D eigenvalue weighted by Gasteiger charge is -2.05. The fourth-order valence-corrected chi connectivity index (χ4v) is 2.94. The van der Waals surface area contributed by atoms with E-state index >= 15 is 0 Å². The topological polar surface area (TPSA) is 55.1 Å². The lowest BCUT2D eigenvalue weighted by atomic mass is 10.2. The van der Waals surface area contributed by atoms with Gasteiger partial charge in [-0.1, -0.05) is 58.4 Å². The van der Waals surface area contributed by atoms with Gasteiger partial charge in [0.15, 0.2) is 11.7 Å². The van der Waals surface area contributed by atoms with E-state index < -0.39 is 0 Å². The van der Waals surface area contributed by atoms with E-state index in [4.69, 9.17) is 4.42 Å². The summed E-state index contributed by atoms with van der Waals surface area (Å²) in [5.41, 5.74) is 2.08. The van der Waals surface area contributed by atoms with Crippen LogP contribution in [0.5, 0.6) is 0 Å². The molecule has 0 bridgehead atoms. The molecular weight excluding hydrogens is 380 g/mol. The standard InChI is InChI=1S/C20H19BrN2O2/c21-17-9-4-6-15(12-17)13-22-19(24)10-5-11-20-23-14-18(25-20)16-7-2-1-3-8-16/h1-4,6-9,12,14H,5,10-11,13H2,(H,22,24). The highest BCUT2D eigenvalue weighted by atomic mass is 79.9. The maximum absolute atomic E-state index is 11.9. The largest absolute Gasteiger partial charge is 0.441 e. The Kier molecular flexibility index (Phi) is 6.01. The molecule has 0 aliphatic carbocycles. The van der Waals surface area contributed by atoms with Crippen molar-refractivity contribution in [3.63, 3.8) is 0 Å². The van der Waals surface area contributed by atoms with Crippen molar-refractivity contribution in [3.8, 4) is 11.3 Å². The monoisotopic (exact) mass is 398 g/mol. The van der Waals surface area contributed by atoms with E-state index in [1.165, 1.54) is 0 Å². The van der Waals surface area contributed by atoms with Crippen molar-refractivity contribution in [1.29, 1.82) is 0 Å². The number of carbonyl (C=O) groups excluding carboxylic acids is 1. The van der Waals surface area contributed by atoms with Crippen LogP contribution < -0.4 is 5.32 Å². The fourth-order valence-electron chi connectivity index (χ4n) is 2.50. The summed E-state index contributed by atoms with van der Waals surface area (Å²) < 4.78 is 6.76. The van der Waals surface area contributed by atoms with Crippen LogP contribution in [0.25, 0.3) is 11.3 Å². The third-order valence-electron chi connectivity index (χ3n) is 3.79. The van der Waals surface area contributed by atoms with Crippen LogP contribution in [-0.2, 0) is 17.8 Å². The quantitative estimate of drug-likeness (QED) is 0.624. The first-order valence-corrected chi connectivity index (χ1v) is 9.01. The molecule has 3 rings (SSSR count). The number of hydrogen-bond donors (Lipinski definition) is 1. The Bertz CT molecular complexity index is 830. The van der Waals surface area contributed by atoms with Crippen LogP contribution >= 0.6 is 15.9 Å². The van der Waals surface area contributed by atoms with Gasteiger partial charge in [-0.25, -0.2) is 4.98 Å². The molecule has 0 unspecified atom stereocenters. The van der Waals surface area contributed by atoms with Gasteiger partial charge in [-0.3, -0.25) is 4.79 Å². The Hall–Kier alpha value is -2.40. The molecule has 0 saturated heterocycles. The highest BCUT2D eigenvalue weighted by Gasteiger charge is 2.07. The molecule has 4 nitrogen and oxygen atoms in total. The van der Waals surface area contributed by atoms with Gasteiger partial charge in [0, 0.05) is 29.4 Å². The molecular formula is C20H19BrN2O2. The molecule has 0 aliphatic rings. The van der Waals surface area contributed by atoms with Crippen LogP contribution in [-0.4, -0.2) is 10.9 Å². The summed E-state index contributed by atoms with van der Waals surface area (Å²) in [5.74, 6) is 1.46. The Morgan fingerprint density at radius 2 is 1.96 bits per heavy atom. The zero-order valence-corrected chi connectivity index (χ0v) is 15.3. The molecule has 0 atom stereocenters. The highest BCUT2D eigenvalue weighted by Crippen LogP contribution is 2.20. The number of halogens is 1. The molecule has 25 heavy (non-hydrogen) atoms. The number of hydrogen-bond acceptors (Lipinski definition) is 3. The van der Waals surface area contributed by atoms with E-state index in [1.54, 1.807) is 6.20 Å². The van der Waals surface area contributed by atoms with Crippen molar-refractivity contribution in [1.82, 2.24) is 10.3 Å². The van der Waals surface area contributed by atoms with Gasteiger partial charge >= 0.3 is 0 Å². The average molecular weight is 399 g/mol. The molecule has 128 valence electrons. The maximum atomic E-state index is 11.9. The van der Waals surface area contributed by atoms with Gasteiger partial charge in [-0.2, -0.15) is 0 Å². The minimum atomic E-state index is 0.0369. The number of nitrogens with zero attached hydrogens (tertiary/aromatic N) is 1. The third kappa shape index (κ3) is 5.29. The van der Waals surface area contributed by atoms with Gasteiger partial charge in [-0.15, -0.1) is 0 Å². The molecule has 1 heterocycles. The fraction of sp³-hybridized carbons (Fsp3) is 0.200. The molecule has 3 aromatic rings.